The second-order valence-corrected chi connectivity index (χ2v) is 19.0. The van der Waals surface area contributed by atoms with Gasteiger partial charge in [0.05, 0.1) is 32.8 Å². The number of aromatic nitrogens is 1. The molecular formula is C63H44N2S. The van der Waals surface area contributed by atoms with Crippen LogP contribution < -0.4 is 4.90 Å². The van der Waals surface area contributed by atoms with Crippen LogP contribution in [0.1, 0.15) is 25.0 Å². The second-order valence-electron chi connectivity index (χ2n) is 18.0. The number of para-hydroxylation sites is 3. The first-order valence-electron chi connectivity index (χ1n) is 22.9. The highest BCUT2D eigenvalue weighted by molar-refractivity contribution is 7.26. The van der Waals surface area contributed by atoms with E-state index in [0.717, 1.165) is 33.8 Å². The third kappa shape index (κ3) is 5.80. The van der Waals surface area contributed by atoms with Crippen molar-refractivity contribution >= 4 is 70.4 Å². The van der Waals surface area contributed by atoms with Crippen molar-refractivity contribution in [3.63, 3.8) is 0 Å². The van der Waals surface area contributed by atoms with E-state index in [-0.39, 0.29) is 5.41 Å². The minimum atomic E-state index is -0.143. The largest absolute Gasteiger partial charge is 0.307 e. The zero-order valence-electron chi connectivity index (χ0n) is 36.7. The summed E-state index contributed by atoms with van der Waals surface area (Å²) in [6.07, 6.45) is 0. The molecule has 0 spiro atoms. The van der Waals surface area contributed by atoms with E-state index in [1.54, 1.807) is 0 Å². The number of hydrogen-bond donors (Lipinski definition) is 0. The standard InChI is InChI=1S/C63H44N2S/c1-63(2)52-33-12-9-28-51(52)60-48(29-16-34-53(60)63)47-30-17-36-55(59(47)43-23-15-22-42(40-43)41-20-5-3-6-21-41)65(57-38-19-32-50-46-27-11-14-39-58(46)66-62(50)57)56-37-18-31-49-45-26-10-13-35-54(45)64(61(49)56)44-24-7-4-8-25-44/h3-40H,1-2H3. The van der Waals surface area contributed by atoms with E-state index in [1.807, 2.05) is 11.3 Å². The summed E-state index contributed by atoms with van der Waals surface area (Å²) in [7, 11) is 0. The third-order valence-corrected chi connectivity index (χ3v) is 15.2. The lowest BCUT2D eigenvalue weighted by atomic mass is 9.81. The molecule has 0 saturated heterocycles. The molecule has 1 aliphatic rings. The summed E-state index contributed by atoms with van der Waals surface area (Å²) >= 11 is 1.88. The summed E-state index contributed by atoms with van der Waals surface area (Å²) in [5.74, 6) is 0. The van der Waals surface area contributed by atoms with Crippen LogP contribution >= 0.6 is 11.3 Å². The molecule has 0 radical (unpaired) electrons. The van der Waals surface area contributed by atoms with Crippen molar-refractivity contribution in [3.8, 4) is 50.2 Å². The monoisotopic (exact) mass is 860 g/mol. The fourth-order valence-electron chi connectivity index (χ4n) is 11.0. The molecule has 0 saturated carbocycles. The normalized spacial score (nSPS) is 12.8. The fourth-order valence-corrected chi connectivity index (χ4v) is 12.2. The Bertz CT molecular complexity index is 3850. The Morgan fingerprint density at radius 3 is 1.80 bits per heavy atom. The number of fused-ring (bicyclic) bond motifs is 9. The molecule has 0 bridgehead atoms. The molecule has 0 aliphatic heterocycles. The van der Waals surface area contributed by atoms with Gasteiger partial charge in [0.15, 0.2) is 0 Å². The molecule has 13 rings (SSSR count). The number of anilines is 3. The van der Waals surface area contributed by atoms with Crippen molar-refractivity contribution in [2.24, 2.45) is 0 Å². The zero-order chi connectivity index (χ0) is 43.9. The van der Waals surface area contributed by atoms with Gasteiger partial charge in [-0.2, -0.15) is 0 Å². The van der Waals surface area contributed by atoms with Gasteiger partial charge in [0, 0.05) is 42.9 Å². The molecule has 0 amide bonds. The first-order chi connectivity index (χ1) is 32.5. The summed E-state index contributed by atoms with van der Waals surface area (Å²) in [6, 6.07) is 85.3. The Morgan fingerprint density at radius 1 is 0.394 bits per heavy atom. The van der Waals surface area contributed by atoms with Crippen molar-refractivity contribution in [2.75, 3.05) is 4.90 Å². The maximum atomic E-state index is 2.59. The van der Waals surface area contributed by atoms with E-state index in [9.17, 15) is 0 Å². The molecule has 10 aromatic carbocycles. The van der Waals surface area contributed by atoms with E-state index >= 15 is 0 Å². The topological polar surface area (TPSA) is 8.17 Å². The molecule has 2 aromatic heterocycles. The van der Waals surface area contributed by atoms with Crippen LogP contribution in [0.4, 0.5) is 17.1 Å². The van der Waals surface area contributed by atoms with E-state index < -0.39 is 0 Å². The Kier molecular flexibility index (Phi) is 8.78. The number of rotatable bonds is 7. The lowest BCUT2D eigenvalue weighted by molar-refractivity contribution is 0.660. The van der Waals surface area contributed by atoms with Crippen molar-refractivity contribution in [2.45, 2.75) is 19.3 Å². The fraction of sp³-hybridized carbons (Fsp3) is 0.0476. The SMILES string of the molecule is CC1(C)c2ccccc2-c2c(-c3cccc(N(c4cccc5c4sc4ccccc45)c4cccc5c6ccccc6n(-c6ccccc6)c45)c3-c3cccc(-c4ccccc4)c3)cccc21. The average Bonchev–Trinajstić information content (AvgIpc) is 4.01. The second kappa shape index (κ2) is 15.1. The molecule has 2 heterocycles. The Balaban J connectivity index is 1.19. The molecule has 3 heteroatoms. The summed E-state index contributed by atoms with van der Waals surface area (Å²) in [4.78, 5) is 2.59. The van der Waals surface area contributed by atoms with Crippen LogP contribution in [-0.2, 0) is 5.41 Å². The average molecular weight is 861 g/mol. The van der Waals surface area contributed by atoms with Crippen LogP contribution in [-0.4, -0.2) is 4.57 Å². The first kappa shape index (κ1) is 38.5. The molecule has 12 aromatic rings. The van der Waals surface area contributed by atoms with Crippen molar-refractivity contribution in [3.05, 3.63) is 242 Å². The Labute approximate surface area is 388 Å². The summed E-state index contributed by atoms with van der Waals surface area (Å²) in [6.45, 7) is 4.75. The molecule has 0 atom stereocenters. The maximum Gasteiger partial charge on any atom is 0.0782 e. The number of nitrogens with zero attached hydrogens (tertiary/aromatic N) is 2. The molecule has 1 aliphatic carbocycles. The smallest absolute Gasteiger partial charge is 0.0782 e. The van der Waals surface area contributed by atoms with Gasteiger partial charge in [0.1, 0.15) is 0 Å². The van der Waals surface area contributed by atoms with Gasteiger partial charge in [0.25, 0.3) is 0 Å². The van der Waals surface area contributed by atoms with Crippen LogP contribution in [0.2, 0.25) is 0 Å². The van der Waals surface area contributed by atoms with E-state index in [4.69, 9.17) is 0 Å². The molecule has 66 heavy (non-hydrogen) atoms. The van der Waals surface area contributed by atoms with E-state index in [1.165, 1.54) is 86.5 Å². The van der Waals surface area contributed by atoms with Gasteiger partial charge in [-0.05, 0) is 98.6 Å². The lowest BCUT2D eigenvalue weighted by Crippen LogP contribution is -2.15. The molecule has 2 nitrogen and oxygen atoms in total. The van der Waals surface area contributed by atoms with E-state index in [0.29, 0.717) is 0 Å². The maximum absolute atomic E-state index is 2.59. The first-order valence-corrected chi connectivity index (χ1v) is 23.7. The molecule has 0 N–H and O–H groups in total. The summed E-state index contributed by atoms with van der Waals surface area (Å²) in [5.41, 5.74) is 19.2. The van der Waals surface area contributed by atoms with Crippen LogP contribution in [0, 0.1) is 0 Å². The predicted octanol–water partition coefficient (Wildman–Crippen LogP) is 17.9. The highest BCUT2D eigenvalue weighted by atomic mass is 32.1. The Hall–Kier alpha value is -7.98. The minimum Gasteiger partial charge on any atom is -0.307 e. The molecule has 0 fully saturated rings. The van der Waals surface area contributed by atoms with Gasteiger partial charge < -0.3 is 9.47 Å². The van der Waals surface area contributed by atoms with Crippen LogP contribution in [0.3, 0.4) is 0 Å². The quantitative estimate of drug-likeness (QED) is 0.155. The Morgan fingerprint density at radius 2 is 0.955 bits per heavy atom. The zero-order valence-corrected chi connectivity index (χ0v) is 37.6. The van der Waals surface area contributed by atoms with Gasteiger partial charge in [-0.15, -0.1) is 11.3 Å². The van der Waals surface area contributed by atoms with Gasteiger partial charge in [0.2, 0.25) is 0 Å². The van der Waals surface area contributed by atoms with Gasteiger partial charge in [-0.3, -0.25) is 0 Å². The van der Waals surface area contributed by atoms with Crippen LogP contribution in [0.5, 0.6) is 0 Å². The van der Waals surface area contributed by atoms with Crippen LogP contribution in [0.25, 0.3) is 92.2 Å². The predicted molar refractivity (Wildman–Crippen MR) is 282 cm³/mol. The third-order valence-electron chi connectivity index (χ3n) is 14.0. The van der Waals surface area contributed by atoms with Gasteiger partial charge in [-0.25, -0.2) is 0 Å². The van der Waals surface area contributed by atoms with Crippen molar-refractivity contribution < 1.29 is 0 Å². The van der Waals surface area contributed by atoms with Gasteiger partial charge in [-0.1, -0.05) is 196 Å². The molecule has 0 unspecified atom stereocenters. The van der Waals surface area contributed by atoms with Gasteiger partial charge >= 0.3 is 0 Å². The lowest BCUT2D eigenvalue weighted by Gasteiger charge is -2.31. The highest BCUT2D eigenvalue weighted by Crippen LogP contribution is 2.56. The van der Waals surface area contributed by atoms with E-state index in [2.05, 4.69) is 254 Å². The number of hydrogen-bond acceptors (Lipinski definition) is 2. The van der Waals surface area contributed by atoms with Crippen LogP contribution in [0.15, 0.2) is 231 Å². The highest BCUT2D eigenvalue weighted by Gasteiger charge is 2.37. The van der Waals surface area contributed by atoms with Crippen molar-refractivity contribution in [1.82, 2.24) is 4.57 Å². The number of thiophene rings is 1. The number of benzene rings is 10. The summed E-state index contributed by atoms with van der Waals surface area (Å²) in [5, 5.41) is 4.98. The molecule has 312 valence electrons. The van der Waals surface area contributed by atoms with Crippen molar-refractivity contribution in [1.29, 1.82) is 0 Å². The summed E-state index contributed by atoms with van der Waals surface area (Å²) < 4.78 is 5.01. The minimum absolute atomic E-state index is 0.143. The molecular weight excluding hydrogens is 817 g/mol.